The first kappa shape index (κ1) is 31.2. The molecule has 0 radical (unpaired) electrons. The quantitative estimate of drug-likeness (QED) is 0.141. The van der Waals surface area contributed by atoms with Crippen LogP contribution in [0.15, 0.2) is 101 Å². The van der Waals surface area contributed by atoms with Crippen LogP contribution in [0.3, 0.4) is 0 Å². The van der Waals surface area contributed by atoms with Gasteiger partial charge in [-0.25, -0.2) is 4.99 Å². The van der Waals surface area contributed by atoms with Crippen molar-refractivity contribution in [2.45, 2.75) is 52.6 Å². The van der Waals surface area contributed by atoms with Gasteiger partial charge in [0.15, 0.2) is 0 Å². The normalized spacial score (nSPS) is 14.0. The molecule has 0 spiro atoms. The maximum absolute atomic E-state index is 13.4. The summed E-state index contributed by atoms with van der Waals surface area (Å²) in [6.45, 7) is 5.63. The number of alkyl halides is 3. The number of rotatable bonds is 10. The number of nitrogen functional groups attached to an aromatic ring is 1. The summed E-state index contributed by atoms with van der Waals surface area (Å²) in [4.78, 5) is 17.9. The Kier molecular flexibility index (Phi) is 10.1. The number of amides is 1. The average Bonchev–Trinajstić information content (AvgIpc) is 2.94. The first-order valence-electron chi connectivity index (χ1n) is 14.2. The van der Waals surface area contributed by atoms with Gasteiger partial charge in [0.05, 0.1) is 17.5 Å². The van der Waals surface area contributed by atoms with Gasteiger partial charge >= 0.3 is 6.18 Å². The molecule has 4 rings (SSSR count). The smallest absolute Gasteiger partial charge is 0.399 e. The van der Waals surface area contributed by atoms with Crippen molar-refractivity contribution in [3.05, 3.63) is 118 Å². The van der Waals surface area contributed by atoms with Crippen LogP contribution >= 0.6 is 0 Å². The van der Waals surface area contributed by atoms with Gasteiger partial charge in [0.2, 0.25) is 0 Å². The molecule has 6 nitrogen and oxygen atoms in total. The van der Waals surface area contributed by atoms with Crippen molar-refractivity contribution < 1.29 is 18.0 Å². The van der Waals surface area contributed by atoms with Crippen molar-refractivity contribution in [2.24, 2.45) is 4.99 Å². The van der Waals surface area contributed by atoms with Crippen LogP contribution in [-0.2, 0) is 6.18 Å². The van der Waals surface area contributed by atoms with Gasteiger partial charge in [-0.2, -0.15) is 13.2 Å². The number of anilines is 3. The second kappa shape index (κ2) is 13.9. The molecule has 0 unspecified atom stereocenters. The Morgan fingerprint density at radius 1 is 1.00 bits per heavy atom. The monoisotopic (exact) mass is 587 g/mol. The summed E-state index contributed by atoms with van der Waals surface area (Å²) >= 11 is 0. The number of aryl methyl sites for hydroxylation is 1. The lowest BCUT2D eigenvalue weighted by atomic mass is 9.88. The van der Waals surface area contributed by atoms with Gasteiger partial charge in [0, 0.05) is 28.3 Å². The van der Waals surface area contributed by atoms with Gasteiger partial charge in [-0.3, -0.25) is 4.79 Å². The second-order valence-electron chi connectivity index (χ2n) is 10.3. The first-order chi connectivity index (χ1) is 20.6. The third kappa shape index (κ3) is 8.38. The fourth-order valence-electron chi connectivity index (χ4n) is 4.52. The van der Waals surface area contributed by atoms with Gasteiger partial charge in [-0.15, -0.1) is 0 Å². The number of carbonyl (C=O) groups excluding carboxylic acids is 1. The lowest BCUT2D eigenvalue weighted by molar-refractivity contribution is -0.137. The lowest BCUT2D eigenvalue weighted by Crippen LogP contribution is -2.24. The van der Waals surface area contributed by atoms with E-state index in [0.29, 0.717) is 39.7 Å². The highest BCUT2D eigenvalue weighted by Gasteiger charge is 2.31. The maximum Gasteiger partial charge on any atom is 0.416 e. The largest absolute Gasteiger partial charge is 0.416 e. The summed E-state index contributed by atoms with van der Waals surface area (Å²) in [5, 5.41) is 9.45. The van der Waals surface area contributed by atoms with Crippen LogP contribution in [-0.4, -0.2) is 12.1 Å². The summed E-state index contributed by atoms with van der Waals surface area (Å²) in [6.07, 6.45) is 4.15. The van der Waals surface area contributed by atoms with Crippen molar-refractivity contribution in [2.75, 3.05) is 16.4 Å². The highest BCUT2D eigenvalue weighted by molar-refractivity contribution is 6.01. The predicted molar refractivity (Wildman–Crippen MR) is 170 cm³/mol. The minimum Gasteiger partial charge on any atom is -0.399 e. The topological polar surface area (TPSA) is 91.5 Å². The third-order valence-corrected chi connectivity index (χ3v) is 7.01. The van der Waals surface area contributed by atoms with Crippen LogP contribution in [0.25, 0.3) is 5.70 Å². The number of halogens is 3. The summed E-state index contributed by atoms with van der Waals surface area (Å²) < 4.78 is 40.3. The molecule has 0 saturated heterocycles. The van der Waals surface area contributed by atoms with Crippen molar-refractivity contribution in [1.29, 1.82) is 0 Å². The van der Waals surface area contributed by atoms with E-state index in [0.717, 1.165) is 54.6 Å². The molecular formula is C34H36F3N5O. The van der Waals surface area contributed by atoms with E-state index in [9.17, 15) is 18.0 Å². The number of hydrogen-bond acceptors (Lipinski definition) is 5. The molecule has 1 aliphatic carbocycles. The Bertz CT molecular complexity index is 1600. The molecule has 0 aliphatic heterocycles. The standard InChI is InChI=1S/C34H36F3N5O/c1-4-9-31(40-28-15-8-14-26(38)19-28)39-21-27(5-2)42-33(43)30-20-29(17-16-22(30)3)41-32(23-10-6-11-23)24-12-7-13-25(18-24)34(35,36)37/h5,7-9,12-21,40-41H,4,6,10-11,38H2,1-3H3,(H,42,43)/b27-5+,31-9-,39-21-. The van der Waals surface area contributed by atoms with Gasteiger partial charge in [0.25, 0.3) is 5.91 Å². The van der Waals surface area contributed by atoms with E-state index in [1.54, 1.807) is 43.5 Å². The van der Waals surface area contributed by atoms with Crippen molar-refractivity contribution in [3.63, 3.8) is 0 Å². The van der Waals surface area contributed by atoms with Gasteiger partial charge in [-0.05, 0) is 105 Å². The van der Waals surface area contributed by atoms with E-state index in [1.807, 2.05) is 44.2 Å². The second-order valence-corrected chi connectivity index (χ2v) is 10.3. The summed E-state index contributed by atoms with van der Waals surface area (Å²) in [5.74, 6) is 0.276. The Labute approximate surface area is 250 Å². The van der Waals surface area contributed by atoms with Gasteiger partial charge in [0.1, 0.15) is 5.82 Å². The Morgan fingerprint density at radius 2 is 1.74 bits per heavy atom. The number of nitrogens with zero attached hydrogens (tertiary/aromatic N) is 1. The number of hydrogen-bond donors (Lipinski definition) is 4. The number of aliphatic imine (C=N–C) groups is 1. The lowest BCUT2D eigenvalue weighted by Gasteiger charge is -2.24. The summed E-state index contributed by atoms with van der Waals surface area (Å²) in [5.41, 5.74) is 11.1. The highest BCUT2D eigenvalue weighted by atomic mass is 19.4. The zero-order valence-corrected chi connectivity index (χ0v) is 24.5. The number of nitrogens with one attached hydrogen (secondary N) is 3. The van der Waals surface area contributed by atoms with Crippen LogP contribution in [0.4, 0.5) is 30.2 Å². The van der Waals surface area contributed by atoms with E-state index in [1.165, 1.54) is 6.07 Å². The molecule has 1 aliphatic rings. The molecule has 224 valence electrons. The molecule has 1 amide bonds. The van der Waals surface area contributed by atoms with Gasteiger partial charge in [-0.1, -0.05) is 37.3 Å². The Morgan fingerprint density at radius 3 is 2.40 bits per heavy atom. The van der Waals surface area contributed by atoms with E-state index in [-0.39, 0.29) is 5.91 Å². The number of nitrogens with two attached hydrogens (primary N) is 1. The molecule has 5 N–H and O–H groups in total. The molecule has 1 fully saturated rings. The molecule has 3 aromatic rings. The average molecular weight is 588 g/mol. The van der Waals surface area contributed by atoms with Crippen LogP contribution in [0.1, 0.15) is 66.6 Å². The zero-order chi connectivity index (χ0) is 31.0. The molecule has 1 saturated carbocycles. The molecule has 3 aromatic carbocycles. The molecular weight excluding hydrogens is 551 g/mol. The van der Waals surface area contributed by atoms with Crippen LogP contribution in [0, 0.1) is 6.92 Å². The van der Waals surface area contributed by atoms with Gasteiger partial charge < -0.3 is 21.7 Å². The number of allylic oxidation sites excluding steroid dienone is 4. The predicted octanol–water partition coefficient (Wildman–Crippen LogP) is 8.67. The molecule has 0 bridgehead atoms. The van der Waals surface area contributed by atoms with Crippen molar-refractivity contribution in [3.8, 4) is 0 Å². The third-order valence-electron chi connectivity index (χ3n) is 7.01. The fraction of sp³-hybridized carbons (Fsp3) is 0.235. The van der Waals surface area contributed by atoms with E-state index < -0.39 is 11.7 Å². The van der Waals surface area contributed by atoms with Crippen LogP contribution in [0.2, 0.25) is 0 Å². The number of benzene rings is 3. The SMILES string of the molecule is C\C=C(/C=N\C(=C\CC)Nc1cccc(N)c1)NC(=O)c1cc(NC(=C2CCC2)c2cccc(C(F)(F)F)c2)ccc1C. The van der Waals surface area contributed by atoms with E-state index in [4.69, 9.17) is 5.73 Å². The fourth-order valence-corrected chi connectivity index (χ4v) is 4.52. The minimum absolute atomic E-state index is 0.331. The Hall–Kier alpha value is -4.79. The molecule has 0 atom stereocenters. The summed E-state index contributed by atoms with van der Waals surface area (Å²) in [6, 6.07) is 18.0. The summed E-state index contributed by atoms with van der Waals surface area (Å²) in [7, 11) is 0. The minimum atomic E-state index is -4.44. The molecule has 0 aromatic heterocycles. The van der Waals surface area contributed by atoms with Crippen molar-refractivity contribution in [1.82, 2.24) is 5.32 Å². The molecule has 0 heterocycles. The maximum atomic E-state index is 13.4. The molecule has 9 heteroatoms. The highest BCUT2D eigenvalue weighted by Crippen LogP contribution is 2.37. The van der Waals surface area contributed by atoms with E-state index in [2.05, 4.69) is 20.9 Å². The number of carbonyl (C=O) groups is 1. The van der Waals surface area contributed by atoms with Crippen molar-refractivity contribution >= 4 is 34.9 Å². The van der Waals surface area contributed by atoms with Crippen LogP contribution in [0.5, 0.6) is 0 Å². The van der Waals surface area contributed by atoms with E-state index >= 15 is 0 Å². The zero-order valence-electron chi connectivity index (χ0n) is 24.5. The Balaban J connectivity index is 1.52. The first-order valence-corrected chi connectivity index (χ1v) is 14.2. The molecule has 43 heavy (non-hydrogen) atoms. The van der Waals surface area contributed by atoms with Crippen LogP contribution < -0.4 is 21.7 Å².